The number of likely N-dealkylation sites (N-methyl/N-ethyl adjacent to an activating group) is 1. The van der Waals surface area contributed by atoms with Crippen molar-refractivity contribution in [3.63, 3.8) is 0 Å². The van der Waals surface area contributed by atoms with Crippen LogP contribution in [0, 0.1) is 0 Å². The maximum atomic E-state index is 13.1. The summed E-state index contributed by atoms with van der Waals surface area (Å²) in [7, 11) is -0.0705. The molecular weight excluding hydrogens is 413 g/mol. The molecule has 1 amide bonds. The highest BCUT2D eigenvalue weighted by Gasteiger charge is 2.33. The SMILES string of the molecule is CN(C(=O)[C@@H](N)CCN1CCOCC1)[C@@H](Cc1cccc(B(O)O)c1)C(=O)OC(C)(C)C. The van der Waals surface area contributed by atoms with E-state index in [9.17, 15) is 19.6 Å². The van der Waals surface area contributed by atoms with Gasteiger partial charge in [-0.2, -0.15) is 0 Å². The van der Waals surface area contributed by atoms with Gasteiger partial charge in [-0.25, -0.2) is 4.79 Å². The second-order valence-electron chi connectivity index (χ2n) is 9.17. The largest absolute Gasteiger partial charge is 0.488 e. The first kappa shape index (κ1) is 26.3. The van der Waals surface area contributed by atoms with Gasteiger partial charge in [0.2, 0.25) is 5.91 Å². The lowest BCUT2D eigenvalue weighted by molar-refractivity contribution is -0.164. The average molecular weight is 449 g/mol. The van der Waals surface area contributed by atoms with Gasteiger partial charge in [-0.15, -0.1) is 0 Å². The molecule has 1 fully saturated rings. The van der Waals surface area contributed by atoms with Gasteiger partial charge in [0.05, 0.1) is 19.3 Å². The van der Waals surface area contributed by atoms with Gasteiger partial charge in [0.1, 0.15) is 11.6 Å². The number of hydrogen-bond donors (Lipinski definition) is 3. The summed E-state index contributed by atoms with van der Waals surface area (Å²) in [4.78, 5) is 29.6. The van der Waals surface area contributed by atoms with E-state index in [1.54, 1.807) is 52.1 Å². The standard InChI is InChI=1S/C22H36BN3O6/c1-22(2,3)32-21(28)19(15-16-6-5-7-17(14-16)23(29)30)25(4)20(27)18(24)8-9-26-10-12-31-13-11-26/h5-7,14,18-19,29-30H,8-13,15,24H2,1-4H3/t18-,19-/m0/s1. The Bertz CT molecular complexity index is 764. The molecule has 1 heterocycles. The molecule has 4 N–H and O–H groups in total. The Balaban J connectivity index is 2.13. The number of rotatable bonds is 9. The van der Waals surface area contributed by atoms with Crippen molar-refractivity contribution >= 4 is 24.5 Å². The number of benzene rings is 1. The van der Waals surface area contributed by atoms with Gasteiger partial charge in [0.15, 0.2) is 0 Å². The topological polar surface area (TPSA) is 126 Å². The van der Waals surface area contributed by atoms with Crippen molar-refractivity contribution in [2.45, 2.75) is 51.3 Å². The van der Waals surface area contributed by atoms with E-state index < -0.39 is 30.8 Å². The summed E-state index contributed by atoms with van der Waals surface area (Å²) in [5, 5.41) is 18.9. The number of nitrogens with two attached hydrogens (primary N) is 1. The molecule has 2 atom stereocenters. The Hall–Kier alpha value is -1.98. The van der Waals surface area contributed by atoms with Gasteiger partial charge in [-0.05, 0) is 38.2 Å². The maximum absolute atomic E-state index is 13.1. The molecule has 1 saturated heterocycles. The van der Waals surface area contributed by atoms with Crippen molar-refractivity contribution in [2.75, 3.05) is 39.9 Å². The van der Waals surface area contributed by atoms with Crippen molar-refractivity contribution in [1.29, 1.82) is 0 Å². The molecule has 0 radical (unpaired) electrons. The summed E-state index contributed by atoms with van der Waals surface area (Å²) < 4.78 is 10.9. The van der Waals surface area contributed by atoms with E-state index in [1.165, 1.54) is 4.90 Å². The molecule has 0 bridgehead atoms. The summed E-state index contributed by atoms with van der Waals surface area (Å²) in [6.07, 6.45) is 0.629. The third kappa shape index (κ3) is 8.18. The minimum atomic E-state index is -1.62. The third-order valence-corrected chi connectivity index (χ3v) is 5.35. The number of amides is 1. The van der Waals surface area contributed by atoms with Gasteiger partial charge in [0, 0.05) is 33.1 Å². The minimum Gasteiger partial charge on any atom is -0.458 e. The number of carbonyl (C=O) groups is 2. The van der Waals surface area contributed by atoms with E-state index in [4.69, 9.17) is 15.2 Å². The first-order valence-corrected chi connectivity index (χ1v) is 11.0. The zero-order chi connectivity index (χ0) is 23.9. The lowest BCUT2D eigenvalue weighted by atomic mass is 9.79. The van der Waals surface area contributed by atoms with Crippen molar-refractivity contribution in [3.05, 3.63) is 29.8 Å². The van der Waals surface area contributed by atoms with Gasteiger partial charge in [0.25, 0.3) is 0 Å². The van der Waals surface area contributed by atoms with Crippen LogP contribution in [-0.2, 0) is 25.5 Å². The smallest absolute Gasteiger partial charge is 0.458 e. The van der Waals surface area contributed by atoms with Crippen LogP contribution in [0.15, 0.2) is 24.3 Å². The normalized spacial score (nSPS) is 16.8. The van der Waals surface area contributed by atoms with Crippen molar-refractivity contribution < 1.29 is 29.1 Å². The Morgan fingerprint density at radius 2 is 1.94 bits per heavy atom. The predicted molar refractivity (Wildman–Crippen MR) is 122 cm³/mol. The highest BCUT2D eigenvalue weighted by Crippen LogP contribution is 2.16. The van der Waals surface area contributed by atoms with Gasteiger partial charge < -0.3 is 30.2 Å². The molecule has 1 aromatic carbocycles. The van der Waals surface area contributed by atoms with Crippen LogP contribution in [0.4, 0.5) is 0 Å². The first-order chi connectivity index (χ1) is 15.0. The fourth-order valence-corrected chi connectivity index (χ4v) is 3.54. The number of carbonyl (C=O) groups excluding carboxylic acids is 2. The summed E-state index contributed by atoms with van der Waals surface area (Å²) in [6.45, 7) is 8.94. The number of ether oxygens (including phenoxy) is 2. The number of hydrogen-bond acceptors (Lipinski definition) is 8. The summed E-state index contributed by atoms with van der Waals surface area (Å²) in [6, 6.07) is 4.96. The summed E-state index contributed by atoms with van der Waals surface area (Å²) in [5.41, 5.74) is 6.45. The third-order valence-electron chi connectivity index (χ3n) is 5.35. The second-order valence-corrected chi connectivity index (χ2v) is 9.17. The van der Waals surface area contributed by atoms with E-state index in [0.717, 1.165) is 13.1 Å². The van der Waals surface area contributed by atoms with Crippen molar-refractivity contribution in [2.24, 2.45) is 5.73 Å². The zero-order valence-corrected chi connectivity index (χ0v) is 19.5. The second kappa shape index (κ2) is 11.8. The van der Waals surface area contributed by atoms with Crippen molar-refractivity contribution in [3.8, 4) is 0 Å². The minimum absolute atomic E-state index is 0.161. The van der Waals surface area contributed by atoms with Crippen LogP contribution in [0.3, 0.4) is 0 Å². The Kier molecular flexibility index (Phi) is 9.66. The molecule has 1 aliphatic heterocycles. The molecule has 0 aromatic heterocycles. The van der Waals surface area contributed by atoms with Crippen LogP contribution < -0.4 is 11.2 Å². The molecule has 10 heteroatoms. The Morgan fingerprint density at radius 3 is 2.53 bits per heavy atom. The molecule has 0 aliphatic carbocycles. The van der Waals surface area contributed by atoms with Gasteiger partial charge in [-0.3, -0.25) is 9.69 Å². The van der Waals surface area contributed by atoms with E-state index in [-0.39, 0.29) is 12.3 Å². The quantitative estimate of drug-likeness (QED) is 0.328. The fraction of sp³-hybridized carbons (Fsp3) is 0.636. The van der Waals surface area contributed by atoms with Crippen LogP contribution in [-0.4, -0.2) is 96.4 Å². The molecule has 9 nitrogen and oxygen atoms in total. The monoisotopic (exact) mass is 449 g/mol. The first-order valence-electron chi connectivity index (χ1n) is 11.0. The molecule has 0 saturated carbocycles. The summed E-state index contributed by atoms with van der Waals surface area (Å²) in [5.74, 6) is -0.879. The molecule has 1 aliphatic rings. The number of esters is 1. The number of nitrogens with zero attached hydrogens (tertiary/aromatic N) is 2. The van der Waals surface area contributed by atoms with E-state index in [2.05, 4.69) is 4.90 Å². The fourth-order valence-electron chi connectivity index (χ4n) is 3.54. The molecule has 32 heavy (non-hydrogen) atoms. The van der Waals surface area contributed by atoms with E-state index >= 15 is 0 Å². The van der Waals surface area contributed by atoms with Crippen LogP contribution in [0.1, 0.15) is 32.8 Å². The highest BCUT2D eigenvalue weighted by molar-refractivity contribution is 6.58. The summed E-state index contributed by atoms with van der Waals surface area (Å²) >= 11 is 0. The lowest BCUT2D eigenvalue weighted by Gasteiger charge is -2.32. The van der Waals surface area contributed by atoms with Gasteiger partial charge in [-0.1, -0.05) is 24.3 Å². The molecule has 2 rings (SSSR count). The number of morpholine rings is 1. The molecule has 1 aromatic rings. The molecule has 0 unspecified atom stereocenters. The van der Waals surface area contributed by atoms with Crippen LogP contribution in [0.2, 0.25) is 0 Å². The Morgan fingerprint density at radius 1 is 1.28 bits per heavy atom. The van der Waals surface area contributed by atoms with Crippen LogP contribution in [0.5, 0.6) is 0 Å². The van der Waals surface area contributed by atoms with E-state index in [0.29, 0.717) is 37.2 Å². The van der Waals surface area contributed by atoms with Crippen LogP contribution in [0.25, 0.3) is 0 Å². The van der Waals surface area contributed by atoms with Gasteiger partial charge >= 0.3 is 13.1 Å². The zero-order valence-electron chi connectivity index (χ0n) is 19.5. The lowest BCUT2D eigenvalue weighted by Crippen LogP contribution is -2.52. The molecular formula is C22H36BN3O6. The average Bonchev–Trinajstić information content (AvgIpc) is 2.74. The van der Waals surface area contributed by atoms with E-state index in [1.807, 2.05) is 0 Å². The highest BCUT2D eigenvalue weighted by atomic mass is 16.6. The van der Waals surface area contributed by atoms with Crippen molar-refractivity contribution in [1.82, 2.24) is 9.80 Å². The molecule has 178 valence electrons. The Labute approximate surface area is 190 Å². The predicted octanol–water partition coefficient (Wildman–Crippen LogP) is -0.873. The molecule has 0 spiro atoms. The van der Waals surface area contributed by atoms with Crippen LogP contribution >= 0.6 is 0 Å². The maximum Gasteiger partial charge on any atom is 0.488 e.